The van der Waals surface area contributed by atoms with E-state index in [2.05, 4.69) is 25.1 Å². The summed E-state index contributed by atoms with van der Waals surface area (Å²) in [6.07, 6.45) is -0.774. The summed E-state index contributed by atoms with van der Waals surface area (Å²) in [5, 5.41) is 6.79. The van der Waals surface area contributed by atoms with Gasteiger partial charge in [0, 0.05) is 42.4 Å². The lowest BCUT2D eigenvalue weighted by Gasteiger charge is -2.34. The van der Waals surface area contributed by atoms with Gasteiger partial charge in [0.1, 0.15) is 29.9 Å². The highest BCUT2D eigenvalue weighted by molar-refractivity contribution is 6.02. The van der Waals surface area contributed by atoms with E-state index < -0.39 is 46.2 Å². The lowest BCUT2D eigenvalue weighted by molar-refractivity contribution is -0.137. The summed E-state index contributed by atoms with van der Waals surface area (Å²) in [4.78, 5) is 13.1. The van der Waals surface area contributed by atoms with Gasteiger partial charge in [-0.25, -0.2) is 13.2 Å². The van der Waals surface area contributed by atoms with Crippen LogP contribution in [0, 0.1) is 37.3 Å². The van der Waals surface area contributed by atoms with E-state index in [9.17, 15) is 17.6 Å². The fourth-order valence-electron chi connectivity index (χ4n) is 8.82. The Morgan fingerprint density at radius 1 is 1.04 bits per heavy atom. The molecule has 7 nitrogen and oxygen atoms in total. The number of aromatic amines is 1. The molecule has 4 atom stereocenters. The van der Waals surface area contributed by atoms with E-state index in [0.717, 1.165) is 44.7 Å². The summed E-state index contributed by atoms with van der Waals surface area (Å²) in [6, 6.07) is 2.17. The number of alkyl halides is 4. The first-order valence-electron chi connectivity index (χ1n) is 15.9. The van der Waals surface area contributed by atoms with Crippen LogP contribution in [0.2, 0.25) is 0 Å². The van der Waals surface area contributed by atoms with E-state index in [1.54, 1.807) is 0 Å². The molecule has 0 spiro atoms. The number of ether oxygens (including phenoxy) is 1. The molecule has 3 aliphatic heterocycles. The Morgan fingerprint density at radius 3 is 2.54 bits per heavy atom. The minimum Gasteiger partial charge on any atom is -0.461 e. The van der Waals surface area contributed by atoms with Gasteiger partial charge < -0.3 is 9.64 Å². The fourth-order valence-corrected chi connectivity index (χ4v) is 8.82. The van der Waals surface area contributed by atoms with Crippen molar-refractivity contribution in [1.29, 1.82) is 0 Å². The largest absolute Gasteiger partial charge is 0.461 e. The molecular weight excluding hydrogens is 610 g/mol. The summed E-state index contributed by atoms with van der Waals surface area (Å²) in [7, 11) is 0. The number of hydrogen-bond donors (Lipinski definition) is 1. The van der Waals surface area contributed by atoms with E-state index in [0.29, 0.717) is 43.7 Å². The number of piperidine rings is 1. The van der Waals surface area contributed by atoms with E-state index in [4.69, 9.17) is 4.74 Å². The van der Waals surface area contributed by atoms with Gasteiger partial charge in [-0.2, -0.15) is 28.2 Å². The number of aromatic nitrogens is 4. The highest BCUT2D eigenvalue weighted by atomic mass is 19.4. The van der Waals surface area contributed by atoms with E-state index >= 15 is 8.78 Å². The summed E-state index contributed by atoms with van der Waals surface area (Å²) >= 11 is 0. The van der Waals surface area contributed by atoms with Crippen LogP contribution in [0.1, 0.15) is 55.3 Å². The predicted molar refractivity (Wildman–Crippen MR) is 161 cm³/mol. The van der Waals surface area contributed by atoms with Crippen molar-refractivity contribution >= 4 is 27.6 Å². The number of nitrogens with one attached hydrogen (secondary N) is 1. The van der Waals surface area contributed by atoms with Crippen molar-refractivity contribution in [2.24, 2.45) is 11.8 Å². The zero-order valence-electron chi connectivity index (χ0n) is 25.6. The van der Waals surface area contributed by atoms with Crippen molar-refractivity contribution in [3.05, 3.63) is 40.6 Å². The molecule has 0 amide bonds. The van der Waals surface area contributed by atoms with Gasteiger partial charge in [0.15, 0.2) is 5.82 Å². The first-order chi connectivity index (χ1) is 21.9. The van der Waals surface area contributed by atoms with Gasteiger partial charge in [0.2, 0.25) is 0 Å². The molecule has 5 heterocycles. The molecule has 3 saturated heterocycles. The molecule has 1 saturated carbocycles. The number of H-pyrrole nitrogens is 1. The van der Waals surface area contributed by atoms with Gasteiger partial charge in [-0.15, -0.1) is 0 Å². The Hall–Kier alpha value is -3.61. The number of fused-ring (bicyclic) bond motifs is 5. The average Bonchev–Trinajstić information content (AvgIpc) is 3.73. The Morgan fingerprint density at radius 2 is 1.80 bits per heavy atom. The lowest BCUT2D eigenvalue weighted by atomic mass is 9.89. The first kappa shape index (κ1) is 29.8. The second-order valence-electron chi connectivity index (χ2n) is 13.8. The van der Waals surface area contributed by atoms with E-state index in [-0.39, 0.29) is 45.7 Å². The van der Waals surface area contributed by atoms with Crippen molar-refractivity contribution < 1.29 is 31.1 Å². The molecule has 1 aliphatic carbocycles. The van der Waals surface area contributed by atoms with Crippen LogP contribution in [-0.2, 0) is 6.18 Å². The number of hydrogen-bond acceptors (Lipinski definition) is 6. The first-order valence-corrected chi connectivity index (χ1v) is 15.9. The third kappa shape index (κ3) is 4.63. The molecule has 4 fully saturated rings. The zero-order valence-corrected chi connectivity index (χ0v) is 25.6. The molecule has 2 aromatic carbocycles. The molecule has 1 N–H and O–H groups in total. The van der Waals surface area contributed by atoms with Gasteiger partial charge >= 0.3 is 12.2 Å². The number of nitrogens with zero attached hydrogens (tertiary/aromatic N) is 5. The Balaban J connectivity index is 1.33. The minimum atomic E-state index is -4.91. The predicted octanol–water partition coefficient (Wildman–Crippen LogP) is 7.28. The molecule has 4 aliphatic rings. The van der Waals surface area contributed by atoms with Crippen molar-refractivity contribution in [3.63, 3.8) is 0 Å². The van der Waals surface area contributed by atoms with Gasteiger partial charge in [0.05, 0.1) is 27.9 Å². The highest BCUT2D eigenvalue weighted by Crippen LogP contribution is 2.48. The van der Waals surface area contributed by atoms with E-state index in [1.807, 2.05) is 4.90 Å². The van der Waals surface area contributed by atoms with Crippen molar-refractivity contribution in [3.8, 4) is 17.1 Å². The van der Waals surface area contributed by atoms with Gasteiger partial charge in [-0.1, -0.05) is 0 Å². The van der Waals surface area contributed by atoms with Gasteiger partial charge in [-0.3, -0.25) is 10.00 Å². The smallest absolute Gasteiger partial charge is 0.417 e. The molecule has 46 heavy (non-hydrogen) atoms. The zero-order chi connectivity index (χ0) is 32.1. The molecule has 2 aromatic heterocycles. The maximum atomic E-state index is 16.9. The number of halogens is 6. The third-order valence-corrected chi connectivity index (χ3v) is 10.7. The fraction of sp³-hybridized carbons (Fsp3) is 0.545. The van der Waals surface area contributed by atoms with Gasteiger partial charge in [0.25, 0.3) is 0 Å². The summed E-state index contributed by atoms with van der Waals surface area (Å²) in [5.41, 5.74) is -3.23. The quantitative estimate of drug-likeness (QED) is 0.231. The van der Waals surface area contributed by atoms with Crippen LogP contribution >= 0.6 is 0 Å². The topological polar surface area (TPSA) is 70.2 Å². The van der Waals surface area contributed by atoms with Crippen LogP contribution in [0.25, 0.3) is 32.9 Å². The van der Waals surface area contributed by atoms with Crippen LogP contribution in [0.5, 0.6) is 6.01 Å². The second kappa shape index (κ2) is 10.4. The summed E-state index contributed by atoms with van der Waals surface area (Å²) in [5.74, 6) is -1.27. The SMILES string of the molecule is Cc1cc2[nH]nc(C)c2c(-c2c(F)cc3c(N4CC5CCC(C5)C4)nc(OC[C@@]45CCCN4C[C@H](F)C5)nc3c2F)c1C(F)(F)F. The number of benzene rings is 2. The average molecular weight is 645 g/mol. The molecule has 0 radical (unpaired) electrons. The molecule has 4 aromatic rings. The van der Waals surface area contributed by atoms with Crippen molar-refractivity contribution in [2.45, 2.75) is 70.3 Å². The second-order valence-corrected chi connectivity index (χ2v) is 13.8. The molecule has 2 unspecified atom stereocenters. The number of rotatable bonds is 5. The van der Waals surface area contributed by atoms with Crippen molar-refractivity contribution in [2.75, 3.05) is 37.7 Å². The normalized spacial score (nSPS) is 26.5. The standard InChI is InChI=1S/C33H34F6N6O/c1-16-8-23-24(17(2)42-43-23)26(27(16)33(37,38)39)25-22(35)10-21-29(28(25)36)40-31(41-30(21)44-12-18-4-5-19(9-18)13-44)46-15-32-6-3-7-45(32)14-20(34)11-32/h8,10,18-20H,3-7,9,11-15H2,1-2H3,(H,42,43)/t18?,19?,20-,32+/m1/s1. The highest BCUT2D eigenvalue weighted by Gasteiger charge is 2.49. The Labute approximate surface area is 261 Å². The number of anilines is 1. The van der Waals surface area contributed by atoms with Crippen molar-refractivity contribution in [1.82, 2.24) is 25.1 Å². The van der Waals surface area contributed by atoms with Crippen LogP contribution in [0.15, 0.2) is 12.1 Å². The van der Waals surface area contributed by atoms with Crippen LogP contribution in [0.4, 0.5) is 32.2 Å². The monoisotopic (exact) mass is 644 g/mol. The minimum absolute atomic E-state index is 0.0177. The molecular formula is C33H34F6N6O. The molecule has 244 valence electrons. The molecule has 2 bridgehead atoms. The summed E-state index contributed by atoms with van der Waals surface area (Å²) in [6.45, 7) is 5.18. The Kier molecular flexibility index (Phi) is 6.76. The van der Waals surface area contributed by atoms with E-state index in [1.165, 1.54) is 19.9 Å². The maximum absolute atomic E-state index is 16.9. The van der Waals surface area contributed by atoms with Gasteiger partial charge in [-0.05, 0) is 82.0 Å². The summed E-state index contributed by atoms with van der Waals surface area (Å²) < 4.78 is 97.7. The molecule has 8 rings (SSSR count). The molecule has 13 heteroatoms. The number of aryl methyl sites for hydroxylation is 2. The van der Waals surface area contributed by atoms with Crippen LogP contribution in [0.3, 0.4) is 0 Å². The third-order valence-electron chi connectivity index (χ3n) is 10.7. The lowest BCUT2D eigenvalue weighted by Crippen LogP contribution is -2.43. The van der Waals surface area contributed by atoms with Crippen LogP contribution < -0.4 is 9.64 Å². The Bertz CT molecular complexity index is 1860. The van der Waals surface area contributed by atoms with Crippen LogP contribution in [-0.4, -0.2) is 69.6 Å². The maximum Gasteiger partial charge on any atom is 0.417 e.